The molecule has 8 heteroatoms. The van der Waals surface area contributed by atoms with Gasteiger partial charge in [0.25, 0.3) is 5.56 Å². The number of carbonyl (C=O) groups excluding carboxylic acids is 1. The van der Waals surface area contributed by atoms with Gasteiger partial charge in [0.1, 0.15) is 11.5 Å². The van der Waals surface area contributed by atoms with Crippen LogP contribution in [-0.2, 0) is 9.53 Å². The van der Waals surface area contributed by atoms with Crippen molar-refractivity contribution in [1.29, 1.82) is 0 Å². The Hall–Kier alpha value is -3.65. The third-order valence-corrected chi connectivity index (χ3v) is 6.27. The van der Waals surface area contributed by atoms with Crippen LogP contribution in [0.3, 0.4) is 0 Å². The second-order valence-corrected chi connectivity index (χ2v) is 8.10. The quantitative estimate of drug-likeness (QED) is 0.558. The number of carbonyl (C=O) groups is 1. The molecule has 1 aliphatic heterocycles. The van der Waals surface area contributed by atoms with Crippen molar-refractivity contribution in [2.24, 2.45) is 4.99 Å². The predicted octanol–water partition coefficient (Wildman–Crippen LogP) is 2.43. The summed E-state index contributed by atoms with van der Waals surface area (Å²) in [6.07, 6.45) is 1.78. The van der Waals surface area contributed by atoms with Gasteiger partial charge in [-0.25, -0.2) is 9.79 Å². The highest BCUT2D eigenvalue weighted by Gasteiger charge is 2.33. The van der Waals surface area contributed by atoms with Gasteiger partial charge in [0, 0.05) is 5.56 Å². The van der Waals surface area contributed by atoms with Gasteiger partial charge >= 0.3 is 5.97 Å². The van der Waals surface area contributed by atoms with Crippen molar-refractivity contribution in [3.05, 3.63) is 90.6 Å². The Bertz CT molecular complexity index is 1380. The number of allylic oxidation sites excluding steroid dienone is 1. The zero-order valence-corrected chi connectivity index (χ0v) is 18.9. The Morgan fingerprint density at radius 3 is 2.44 bits per heavy atom. The first-order chi connectivity index (χ1) is 15.5. The van der Waals surface area contributed by atoms with Gasteiger partial charge < -0.3 is 14.2 Å². The maximum absolute atomic E-state index is 13.5. The second kappa shape index (κ2) is 8.84. The van der Waals surface area contributed by atoms with Crippen molar-refractivity contribution in [3.63, 3.8) is 0 Å². The molecule has 0 radical (unpaired) electrons. The Balaban J connectivity index is 1.97. The zero-order valence-electron chi connectivity index (χ0n) is 18.1. The summed E-state index contributed by atoms with van der Waals surface area (Å²) >= 11 is 1.27. The maximum atomic E-state index is 13.5. The minimum Gasteiger partial charge on any atom is -0.497 e. The number of rotatable bonds is 5. The van der Waals surface area contributed by atoms with E-state index in [4.69, 9.17) is 14.2 Å². The number of para-hydroxylation sites is 1. The molecule has 0 fully saturated rings. The van der Waals surface area contributed by atoms with E-state index in [9.17, 15) is 9.59 Å². The van der Waals surface area contributed by atoms with Crippen molar-refractivity contribution in [1.82, 2.24) is 4.57 Å². The molecule has 2 aromatic carbocycles. The number of hydrogen-bond donors (Lipinski definition) is 0. The number of fused-ring (bicyclic) bond motifs is 1. The van der Waals surface area contributed by atoms with E-state index in [0.717, 1.165) is 11.1 Å². The van der Waals surface area contributed by atoms with Crippen molar-refractivity contribution in [2.45, 2.75) is 13.0 Å². The minimum atomic E-state index is -0.663. The smallest absolute Gasteiger partial charge is 0.338 e. The van der Waals surface area contributed by atoms with Crippen LogP contribution in [0.25, 0.3) is 6.08 Å². The van der Waals surface area contributed by atoms with Gasteiger partial charge in [-0.1, -0.05) is 41.7 Å². The molecule has 0 saturated heterocycles. The molecule has 32 heavy (non-hydrogen) atoms. The Labute approximate surface area is 188 Å². The molecule has 0 amide bonds. The molecule has 0 spiro atoms. The van der Waals surface area contributed by atoms with E-state index in [0.29, 0.717) is 32.1 Å². The number of aromatic nitrogens is 1. The van der Waals surface area contributed by atoms with E-state index >= 15 is 0 Å². The summed E-state index contributed by atoms with van der Waals surface area (Å²) in [6, 6.07) is 14.1. The predicted molar refractivity (Wildman–Crippen MR) is 122 cm³/mol. The fourth-order valence-electron chi connectivity index (χ4n) is 3.72. The van der Waals surface area contributed by atoms with Crippen molar-refractivity contribution >= 4 is 23.4 Å². The van der Waals surface area contributed by atoms with Crippen LogP contribution in [0, 0.1) is 0 Å². The monoisotopic (exact) mass is 450 g/mol. The lowest BCUT2D eigenvalue weighted by Crippen LogP contribution is -2.39. The summed E-state index contributed by atoms with van der Waals surface area (Å²) in [4.78, 5) is 31.3. The van der Waals surface area contributed by atoms with E-state index < -0.39 is 12.0 Å². The fraction of sp³-hybridized carbons (Fsp3) is 0.208. The molecular weight excluding hydrogens is 428 g/mol. The molecule has 7 nitrogen and oxygen atoms in total. The molecule has 0 aliphatic carbocycles. The summed E-state index contributed by atoms with van der Waals surface area (Å²) in [5.41, 5.74) is 2.14. The summed E-state index contributed by atoms with van der Waals surface area (Å²) in [5, 5.41) is 0. The van der Waals surface area contributed by atoms with E-state index in [1.54, 1.807) is 43.9 Å². The van der Waals surface area contributed by atoms with Crippen molar-refractivity contribution in [2.75, 3.05) is 21.3 Å². The first-order valence-corrected chi connectivity index (χ1v) is 10.7. The molecule has 164 valence electrons. The fourth-order valence-corrected chi connectivity index (χ4v) is 4.76. The third-order valence-electron chi connectivity index (χ3n) is 5.28. The molecule has 1 aromatic heterocycles. The van der Waals surface area contributed by atoms with E-state index in [-0.39, 0.29) is 5.56 Å². The zero-order chi connectivity index (χ0) is 22.8. The second-order valence-electron chi connectivity index (χ2n) is 7.09. The average Bonchev–Trinajstić information content (AvgIpc) is 3.12. The lowest BCUT2D eigenvalue weighted by atomic mass is 9.96. The van der Waals surface area contributed by atoms with Crippen LogP contribution in [0.15, 0.2) is 69.6 Å². The van der Waals surface area contributed by atoms with E-state index in [2.05, 4.69) is 4.99 Å². The van der Waals surface area contributed by atoms with Gasteiger partial charge in [0.2, 0.25) is 0 Å². The van der Waals surface area contributed by atoms with Gasteiger partial charge in [-0.3, -0.25) is 9.36 Å². The van der Waals surface area contributed by atoms with Crippen LogP contribution in [0.5, 0.6) is 11.5 Å². The molecule has 3 aromatic rings. The van der Waals surface area contributed by atoms with Gasteiger partial charge in [-0.2, -0.15) is 0 Å². The largest absolute Gasteiger partial charge is 0.497 e. The summed E-state index contributed by atoms with van der Waals surface area (Å²) < 4.78 is 17.7. The van der Waals surface area contributed by atoms with Crippen molar-refractivity contribution in [3.8, 4) is 11.5 Å². The number of esters is 1. The summed E-state index contributed by atoms with van der Waals surface area (Å²) in [5.74, 6) is 0.820. The number of benzene rings is 2. The standard InChI is InChI=1S/C24H22N2O5S/c1-14-20(23(28)31-4)21(15-9-11-17(29-2)12-10-15)26-22(27)19(32-24(26)25-14)13-16-7-5-6-8-18(16)30-3/h5-13,21H,1-4H3/b19-13+/t21-/m1/s1. The van der Waals surface area contributed by atoms with Crippen LogP contribution in [-0.4, -0.2) is 31.9 Å². The highest BCUT2D eigenvalue weighted by molar-refractivity contribution is 7.07. The highest BCUT2D eigenvalue weighted by atomic mass is 32.1. The van der Waals surface area contributed by atoms with Gasteiger partial charge in [0.15, 0.2) is 4.80 Å². The molecule has 0 N–H and O–H groups in total. The highest BCUT2D eigenvalue weighted by Crippen LogP contribution is 2.31. The molecule has 1 atom stereocenters. The average molecular weight is 451 g/mol. The molecule has 2 heterocycles. The topological polar surface area (TPSA) is 79.1 Å². The van der Waals surface area contributed by atoms with Crippen LogP contribution in [0.2, 0.25) is 0 Å². The number of methoxy groups -OCH3 is 3. The summed E-state index contributed by atoms with van der Waals surface area (Å²) in [7, 11) is 4.49. The molecule has 4 rings (SSSR count). The first-order valence-electron chi connectivity index (χ1n) is 9.86. The van der Waals surface area contributed by atoms with Crippen LogP contribution in [0.1, 0.15) is 24.1 Å². The lowest BCUT2D eigenvalue weighted by Gasteiger charge is -2.24. The Morgan fingerprint density at radius 2 is 1.78 bits per heavy atom. The first kappa shape index (κ1) is 21.6. The Kier molecular flexibility index (Phi) is 5.96. The molecule has 0 unspecified atom stereocenters. The number of thiazole rings is 1. The number of nitrogens with zero attached hydrogens (tertiary/aromatic N) is 2. The van der Waals surface area contributed by atoms with Crippen LogP contribution >= 0.6 is 11.3 Å². The molecular formula is C24H22N2O5S. The minimum absolute atomic E-state index is 0.241. The van der Waals surface area contributed by atoms with Gasteiger partial charge in [-0.15, -0.1) is 0 Å². The maximum Gasteiger partial charge on any atom is 0.338 e. The van der Waals surface area contributed by atoms with E-state index in [1.807, 2.05) is 36.4 Å². The number of ether oxygens (including phenoxy) is 3. The third kappa shape index (κ3) is 3.73. The van der Waals surface area contributed by atoms with Crippen LogP contribution in [0.4, 0.5) is 0 Å². The molecule has 0 bridgehead atoms. The normalized spacial score (nSPS) is 15.8. The van der Waals surface area contributed by atoms with Crippen LogP contribution < -0.4 is 24.4 Å². The number of hydrogen-bond acceptors (Lipinski definition) is 7. The Morgan fingerprint density at radius 1 is 1.06 bits per heavy atom. The van der Waals surface area contributed by atoms with Gasteiger partial charge in [0.05, 0.1) is 43.2 Å². The molecule has 1 aliphatic rings. The van der Waals surface area contributed by atoms with E-state index in [1.165, 1.54) is 18.4 Å². The van der Waals surface area contributed by atoms with Crippen molar-refractivity contribution < 1.29 is 19.0 Å². The lowest BCUT2D eigenvalue weighted by molar-refractivity contribution is -0.136. The summed E-state index contributed by atoms with van der Waals surface area (Å²) in [6.45, 7) is 1.75. The molecule has 0 saturated carbocycles. The SMILES string of the molecule is COC(=O)C1=C(C)N=c2s/c(=C/c3ccccc3OC)c(=O)n2[C@@H]1c1ccc(OC)cc1. The van der Waals surface area contributed by atoms with Gasteiger partial charge in [-0.05, 0) is 36.8 Å².